The maximum Gasteiger partial charge on any atom is 0.306 e. The lowest BCUT2D eigenvalue weighted by molar-refractivity contribution is -0.331. The molecule has 0 saturated carbocycles. The summed E-state index contributed by atoms with van der Waals surface area (Å²) in [6, 6.07) is 0. The van der Waals surface area contributed by atoms with Crippen LogP contribution in [-0.2, 0) is 33.3 Å². The fourth-order valence-electron chi connectivity index (χ4n) is 7.34. The van der Waals surface area contributed by atoms with Crippen LogP contribution in [-0.4, -0.2) is 77.8 Å². The number of hydrogen-bond acceptors (Lipinski definition) is 9. The van der Waals surface area contributed by atoms with Gasteiger partial charge in [0.05, 0.1) is 18.8 Å². The summed E-state index contributed by atoms with van der Waals surface area (Å²) in [5.41, 5.74) is 1.18. The van der Waals surface area contributed by atoms with Crippen molar-refractivity contribution < 1.29 is 43.5 Å². The number of aliphatic hydroxyl groups excluding tert-OH is 1. The lowest BCUT2D eigenvalue weighted by Crippen LogP contribution is -2.54. The van der Waals surface area contributed by atoms with Gasteiger partial charge in [0.2, 0.25) is 0 Å². The van der Waals surface area contributed by atoms with E-state index in [1.165, 1.54) is 5.57 Å². The van der Waals surface area contributed by atoms with Crippen LogP contribution in [0.5, 0.6) is 0 Å². The van der Waals surface area contributed by atoms with E-state index < -0.39 is 23.6 Å². The van der Waals surface area contributed by atoms with E-state index in [2.05, 4.69) is 39.8 Å². The van der Waals surface area contributed by atoms with Crippen molar-refractivity contribution in [1.29, 1.82) is 0 Å². The second-order valence-corrected chi connectivity index (χ2v) is 14.6. The molecule has 0 radical (unpaired) electrons. The van der Waals surface area contributed by atoms with Gasteiger partial charge in [0.25, 0.3) is 6.47 Å². The van der Waals surface area contributed by atoms with E-state index in [1.807, 2.05) is 32.9 Å². The highest BCUT2D eigenvalue weighted by Gasteiger charge is 2.55. The van der Waals surface area contributed by atoms with Crippen LogP contribution < -0.4 is 0 Å². The normalized spacial score (nSPS) is 38.2. The molecule has 2 N–H and O–H groups in total. The molecule has 0 amide bonds. The Morgan fingerprint density at radius 1 is 1.17 bits per heavy atom. The van der Waals surface area contributed by atoms with E-state index >= 15 is 0 Å². The zero-order valence-electron chi connectivity index (χ0n) is 28.8. The third-order valence-corrected chi connectivity index (χ3v) is 10.2. The number of carbonyl (C=O) groups excluding carboxylic acids is 2. The smallest absolute Gasteiger partial charge is 0.306 e. The first-order valence-corrected chi connectivity index (χ1v) is 17.1. The average Bonchev–Trinajstić information content (AvgIpc) is 3.32. The van der Waals surface area contributed by atoms with Crippen molar-refractivity contribution in [1.82, 2.24) is 0 Å². The molecule has 3 heterocycles. The van der Waals surface area contributed by atoms with Crippen molar-refractivity contribution >= 4 is 12.4 Å². The summed E-state index contributed by atoms with van der Waals surface area (Å²) in [6.07, 6.45) is 12.8. The molecule has 4 rings (SSSR count). The van der Waals surface area contributed by atoms with Crippen LogP contribution in [0.1, 0.15) is 93.4 Å². The van der Waals surface area contributed by atoms with Gasteiger partial charge in [-0.2, -0.15) is 0 Å². The topological polar surface area (TPSA) is 121 Å². The number of esters is 1. The molecule has 0 aromatic rings. The summed E-state index contributed by atoms with van der Waals surface area (Å²) < 4.78 is 29.6. The van der Waals surface area contributed by atoms with Gasteiger partial charge in [0.1, 0.15) is 30.5 Å². The average molecular weight is 645 g/mol. The molecule has 9 heteroatoms. The molecule has 10 atom stereocenters. The first-order chi connectivity index (χ1) is 21.8. The number of ether oxygens (including phenoxy) is 5. The predicted octanol–water partition coefficient (Wildman–Crippen LogP) is 5.74. The van der Waals surface area contributed by atoms with E-state index in [9.17, 15) is 19.8 Å². The Morgan fingerprint density at radius 3 is 2.63 bits per heavy atom. The fourth-order valence-corrected chi connectivity index (χ4v) is 7.34. The van der Waals surface area contributed by atoms with Gasteiger partial charge in [-0.05, 0) is 62.0 Å². The van der Waals surface area contributed by atoms with Gasteiger partial charge in [-0.3, -0.25) is 9.59 Å². The minimum atomic E-state index is -1.34. The zero-order chi connectivity index (χ0) is 33.6. The SMILES string of the molecule is CC(=CCC1CC(OC=O)CC2(CCC(C)C(C)O2)O1)CC(C)C=CC=C1COC2C(O)C(COC(=O)CC(C)C)=CC(C)C12O. The van der Waals surface area contributed by atoms with Crippen LogP contribution in [0.15, 0.2) is 47.1 Å². The van der Waals surface area contributed by atoms with Crippen molar-refractivity contribution in [2.75, 3.05) is 13.2 Å². The summed E-state index contributed by atoms with van der Waals surface area (Å²) in [7, 11) is 0. The lowest BCUT2D eigenvalue weighted by atomic mass is 9.71. The van der Waals surface area contributed by atoms with E-state index in [1.54, 1.807) is 6.08 Å². The highest BCUT2D eigenvalue weighted by molar-refractivity contribution is 5.69. The summed E-state index contributed by atoms with van der Waals surface area (Å²) in [6.45, 7) is 15.1. The quantitative estimate of drug-likeness (QED) is 0.156. The van der Waals surface area contributed by atoms with E-state index in [4.69, 9.17) is 23.7 Å². The predicted molar refractivity (Wildman–Crippen MR) is 174 cm³/mol. The number of allylic oxidation sites excluding steroid dienone is 4. The minimum absolute atomic E-state index is 0.0105. The van der Waals surface area contributed by atoms with Gasteiger partial charge in [-0.15, -0.1) is 0 Å². The summed E-state index contributed by atoms with van der Waals surface area (Å²) in [5.74, 6) is -0.414. The number of fused-ring (bicyclic) bond motifs is 1. The third-order valence-electron chi connectivity index (χ3n) is 10.2. The van der Waals surface area contributed by atoms with E-state index in [0.29, 0.717) is 37.2 Å². The van der Waals surface area contributed by atoms with Crippen molar-refractivity contribution in [2.24, 2.45) is 23.7 Å². The Morgan fingerprint density at radius 2 is 1.93 bits per heavy atom. The highest BCUT2D eigenvalue weighted by atomic mass is 16.7. The van der Waals surface area contributed by atoms with Crippen molar-refractivity contribution in [2.45, 2.75) is 135 Å². The van der Waals surface area contributed by atoms with Crippen LogP contribution >= 0.6 is 0 Å². The number of aliphatic hydroxyl groups is 2. The Hall–Kier alpha value is -2.30. The van der Waals surface area contributed by atoms with Crippen LogP contribution in [0.2, 0.25) is 0 Å². The third kappa shape index (κ3) is 8.78. The van der Waals surface area contributed by atoms with Gasteiger partial charge in [-0.1, -0.05) is 70.6 Å². The molecule has 46 heavy (non-hydrogen) atoms. The Bertz CT molecular complexity index is 1190. The number of rotatable bonds is 12. The minimum Gasteiger partial charge on any atom is -0.464 e. The molecular formula is C37H56O9. The van der Waals surface area contributed by atoms with Crippen LogP contribution in [0.25, 0.3) is 0 Å². The van der Waals surface area contributed by atoms with Gasteiger partial charge >= 0.3 is 5.97 Å². The maximum atomic E-state index is 12.0. The van der Waals surface area contributed by atoms with Gasteiger partial charge in [-0.25, -0.2) is 0 Å². The van der Waals surface area contributed by atoms with E-state index in [-0.39, 0.29) is 55.2 Å². The molecular weight excluding hydrogens is 588 g/mol. The molecule has 0 aromatic carbocycles. The van der Waals surface area contributed by atoms with Crippen LogP contribution in [0.3, 0.4) is 0 Å². The first kappa shape index (κ1) is 36.5. The molecule has 1 aliphatic carbocycles. The maximum absolute atomic E-state index is 12.0. The van der Waals surface area contributed by atoms with Crippen molar-refractivity contribution in [3.05, 3.63) is 47.1 Å². The highest BCUT2D eigenvalue weighted by Crippen LogP contribution is 2.45. The Balaban J connectivity index is 1.32. The van der Waals surface area contributed by atoms with Gasteiger partial charge in [0.15, 0.2) is 5.79 Å². The molecule has 258 valence electrons. The monoisotopic (exact) mass is 644 g/mol. The second kappa shape index (κ2) is 15.7. The molecule has 0 bridgehead atoms. The molecule has 3 aliphatic heterocycles. The van der Waals surface area contributed by atoms with Crippen LogP contribution in [0.4, 0.5) is 0 Å². The molecule has 10 unspecified atom stereocenters. The summed E-state index contributed by atoms with van der Waals surface area (Å²) >= 11 is 0. The van der Waals surface area contributed by atoms with Crippen LogP contribution in [0, 0.1) is 23.7 Å². The molecule has 0 aromatic heterocycles. The fraction of sp³-hybridized carbons (Fsp3) is 0.730. The van der Waals surface area contributed by atoms with Gasteiger partial charge in [0, 0.05) is 31.6 Å². The van der Waals surface area contributed by atoms with Crippen molar-refractivity contribution in [3.8, 4) is 0 Å². The zero-order valence-corrected chi connectivity index (χ0v) is 28.8. The molecule has 1 spiro atoms. The molecule has 4 aliphatic rings. The summed E-state index contributed by atoms with van der Waals surface area (Å²) in [4.78, 5) is 23.2. The largest absolute Gasteiger partial charge is 0.464 e. The molecule has 3 fully saturated rings. The van der Waals surface area contributed by atoms with Crippen molar-refractivity contribution in [3.63, 3.8) is 0 Å². The lowest BCUT2D eigenvalue weighted by Gasteiger charge is -2.48. The summed E-state index contributed by atoms with van der Waals surface area (Å²) in [5, 5.41) is 22.7. The number of hydrogen-bond donors (Lipinski definition) is 2. The molecule has 3 saturated heterocycles. The van der Waals surface area contributed by atoms with E-state index in [0.717, 1.165) is 31.3 Å². The Labute approximate surface area is 275 Å². The first-order valence-electron chi connectivity index (χ1n) is 17.1. The molecule has 9 nitrogen and oxygen atoms in total. The number of carbonyl (C=O) groups is 2. The van der Waals surface area contributed by atoms with Gasteiger partial charge < -0.3 is 33.9 Å². The standard InChI is InChI=1S/C37H56O9/c1-23(2)15-33(39)42-20-29-17-27(6)37(41)30(21-43-35(37)34(29)40)10-8-9-24(3)16-25(4)11-12-31-18-32(44-22-38)19-36(46-31)14-13-26(5)28(7)45-36/h8-11,17,22-24,26-28,31-32,34-35,40-41H,12-16,18-21H2,1-7H3. The second-order valence-electron chi connectivity index (χ2n) is 14.6. The Kier molecular flexibility index (Phi) is 12.5.